The molecule has 44 heavy (non-hydrogen) atoms. The van der Waals surface area contributed by atoms with Crippen LogP contribution in [0.4, 0.5) is 19.2 Å². The Bertz CT molecular complexity index is 1380. The first kappa shape index (κ1) is 30.9. The van der Waals surface area contributed by atoms with Crippen LogP contribution in [-0.4, -0.2) is 24.2 Å². The fraction of sp³-hybridized carbons (Fsp3) is 0.125. The number of carbonyl (C=O) groups excluding carboxylic acids is 4. The van der Waals surface area contributed by atoms with Crippen molar-refractivity contribution >= 4 is 24.2 Å². The van der Waals surface area contributed by atoms with Gasteiger partial charge in [0.15, 0.2) is 0 Å². The van der Waals surface area contributed by atoms with Crippen molar-refractivity contribution in [2.24, 2.45) is 0 Å². The quantitative estimate of drug-likeness (QED) is 0.115. The molecular weight excluding hydrogens is 564 g/mol. The summed E-state index contributed by atoms with van der Waals surface area (Å²) in [6.07, 6.45) is -3.49. The van der Waals surface area contributed by atoms with Crippen molar-refractivity contribution in [1.82, 2.24) is 32.1 Å². The van der Waals surface area contributed by atoms with Crippen LogP contribution in [0.5, 0.6) is 0 Å². The Morgan fingerprint density at radius 2 is 0.773 bits per heavy atom. The molecule has 4 aromatic carbocycles. The summed E-state index contributed by atoms with van der Waals surface area (Å²) in [5.74, 6) is 0. The van der Waals surface area contributed by atoms with E-state index in [9.17, 15) is 19.2 Å². The van der Waals surface area contributed by atoms with Crippen LogP contribution in [0.25, 0.3) is 0 Å². The van der Waals surface area contributed by atoms with Crippen molar-refractivity contribution in [3.63, 3.8) is 0 Å². The van der Waals surface area contributed by atoms with Crippen LogP contribution >= 0.6 is 0 Å². The zero-order valence-electron chi connectivity index (χ0n) is 23.6. The Kier molecular flexibility index (Phi) is 11.5. The fourth-order valence-corrected chi connectivity index (χ4v) is 3.91. The molecule has 0 fully saturated rings. The zero-order valence-corrected chi connectivity index (χ0v) is 23.6. The molecule has 226 valence electrons. The molecule has 0 aliphatic heterocycles. The van der Waals surface area contributed by atoms with Gasteiger partial charge in [-0.15, -0.1) is 0 Å². The summed E-state index contributed by atoms with van der Waals surface area (Å²) in [4.78, 5) is 50.4. The number of benzene rings is 4. The molecule has 4 rings (SSSR count). The number of alkyl carbamates (subject to hydrolysis) is 2. The Morgan fingerprint density at radius 1 is 0.455 bits per heavy atom. The number of nitrogens with one attached hydrogen (secondary N) is 6. The molecule has 4 aromatic rings. The highest BCUT2D eigenvalue weighted by atomic mass is 16.6. The topological polar surface area (TPSA) is 159 Å². The lowest BCUT2D eigenvalue weighted by Crippen LogP contribution is -2.54. The van der Waals surface area contributed by atoms with E-state index in [1.54, 1.807) is 60.7 Å². The largest absolute Gasteiger partial charge is 0.445 e. The summed E-state index contributed by atoms with van der Waals surface area (Å²) >= 11 is 0. The van der Waals surface area contributed by atoms with E-state index < -0.39 is 36.6 Å². The minimum absolute atomic E-state index is 0.0402. The molecule has 0 saturated carbocycles. The average Bonchev–Trinajstić information content (AvgIpc) is 3.06. The van der Waals surface area contributed by atoms with E-state index in [1.807, 2.05) is 60.7 Å². The summed E-state index contributed by atoms with van der Waals surface area (Å²) in [5, 5.41) is 10.3. The van der Waals surface area contributed by atoms with Gasteiger partial charge in [-0.25, -0.2) is 30.0 Å². The van der Waals surface area contributed by atoms with Gasteiger partial charge >= 0.3 is 24.2 Å². The number of ether oxygens (including phenoxy) is 2. The molecule has 0 saturated heterocycles. The Morgan fingerprint density at radius 3 is 1.11 bits per heavy atom. The van der Waals surface area contributed by atoms with Crippen LogP contribution in [0.2, 0.25) is 0 Å². The summed E-state index contributed by atoms with van der Waals surface area (Å²) in [6, 6.07) is 34.0. The Balaban J connectivity index is 1.30. The van der Waals surface area contributed by atoms with Gasteiger partial charge in [-0.1, -0.05) is 121 Å². The van der Waals surface area contributed by atoms with Gasteiger partial charge in [-0.2, -0.15) is 0 Å². The monoisotopic (exact) mass is 596 g/mol. The molecule has 0 bridgehead atoms. The third-order valence-electron chi connectivity index (χ3n) is 6.06. The van der Waals surface area contributed by atoms with Gasteiger partial charge < -0.3 is 20.1 Å². The third kappa shape index (κ3) is 10.4. The van der Waals surface area contributed by atoms with Crippen LogP contribution in [0, 0.1) is 0 Å². The first-order valence-electron chi connectivity index (χ1n) is 13.6. The van der Waals surface area contributed by atoms with Crippen molar-refractivity contribution in [2.75, 3.05) is 0 Å². The number of hydrogen-bond acceptors (Lipinski definition) is 6. The summed E-state index contributed by atoms with van der Waals surface area (Å²) in [7, 11) is 0. The molecule has 6 N–H and O–H groups in total. The van der Waals surface area contributed by atoms with E-state index in [0.717, 1.165) is 11.1 Å². The van der Waals surface area contributed by atoms with Crippen molar-refractivity contribution in [3.8, 4) is 0 Å². The lowest BCUT2D eigenvalue weighted by Gasteiger charge is -2.22. The van der Waals surface area contributed by atoms with Crippen LogP contribution in [0.15, 0.2) is 121 Å². The molecule has 6 amide bonds. The number of hydrogen-bond donors (Lipinski definition) is 6. The lowest BCUT2D eigenvalue weighted by atomic mass is 10.2. The maximum atomic E-state index is 12.7. The van der Waals surface area contributed by atoms with Gasteiger partial charge in [-0.3, -0.25) is 10.6 Å². The number of amides is 6. The second-order valence-corrected chi connectivity index (χ2v) is 9.30. The molecule has 2 atom stereocenters. The van der Waals surface area contributed by atoms with Crippen LogP contribution in [0.3, 0.4) is 0 Å². The van der Waals surface area contributed by atoms with Crippen LogP contribution in [-0.2, 0) is 22.7 Å². The Labute approximate surface area is 254 Å². The van der Waals surface area contributed by atoms with Crippen LogP contribution in [0.1, 0.15) is 34.6 Å². The number of rotatable bonds is 10. The summed E-state index contributed by atoms with van der Waals surface area (Å²) < 4.78 is 10.5. The molecule has 0 spiro atoms. The molecular formula is C32H32N6O6. The minimum atomic E-state index is -0.984. The van der Waals surface area contributed by atoms with E-state index in [0.29, 0.717) is 11.1 Å². The van der Waals surface area contributed by atoms with Crippen molar-refractivity contribution in [2.45, 2.75) is 25.5 Å². The third-order valence-corrected chi connectivity index (χ3v) is 6.06. The minimum Gasteiger partial charge on any atom is -0.445 e. The van der Waals surface area contributed by atoms with Gasteiger partial charge in [0.1, 0.15) is 25.5 Å². The lowest BCUT2D eigenvalue weighted by molar-refractivity contribution is 0.132. The predicted octanol–water partition coefficient (Wildman–Crippen LogP) is 4.75. The second-order valence-electron chi connectivity index (χ2n) is 9.30. The SMILES string of the molecule is O=C(NNC(=O)N[C@@H](NC(=O)OCc1ccccc1)c1ccccc1)N[C@@H](NC(=O)OCc1ccccc1)c1ccccc1. The van der Waals surface area contributed by atoms with Gasteiger partial charge in [0, 0.05) is 0 Å². The Hall–Kier alpha value is -6.04. The van der Waals surface area contributed by atoms with E-state index in [-0.39, 0.29) is 13.2 Å². The molecule has 0 heterocycles. The molecule has 0 radical (unpaired) electrons. The first-order chi connectivity index (χ1) is 21.5. The van der Waals surface area contributed by atoms with Crippen molar-refractivity contribution in [3.05, 3.63) is 144 Å². The van der Waals surface area contributed by atoms with E-state index in [2.05, 4.69) is 32.1 Å². The highest BCUT2D eigenvalue weighted by Gasteiger charge is 2.20. The molecule has 0 aliphatic rings. The normalized spacial score (nSPS) is 11.5. The highest BCUT2D eigenvalue weighted by molar-refractivity contribution is 5.81. The maximum absolute atomic E-state index is 12.7. The summed E-state index contributed by atoms with van der Waals surface area (Å²) in [6.45, 7) is 0.0804. The van der Waals surface area contributed by atoms with Crippen LogP contribution < -0.4 is 32.1 Å². The fourth-order valence-electron chi connectivity index (χ4n) is 3.91. The van der Waals surface area contributed by atoms with Gasteiger partial charge in [0.2, 0.25) is 0 Å². The molecule has 12 nitrogen and oxygen atoms in total. The van der Waals surface area contributed by atoms with E-state index >= 15 is 0 Å². The molecule has 0 aliphatic carbocycles. The van der Waals surface area contributed by atoms with Gasteiger partial charge in [0.05, 0.1) is 0 Å². The standard InChI is InChI=1S/C32H32N6O6/c39-29(33-27(25-17-9-3-10-18-25)35-31(41)43-21-23-13-5-1-6-14-23)37-38-30(40)34-28(26-19-11-4-12-20-26)36-32(42)44-22-24-15-7-2-8-16-24/h1-20,27-28H,21-22H2,(H,35,41)(H,36,42)(H2,33,37,39)(H2,34,38,40)/t27-,28-/m0/s1. The average molecular weight is 597 g/mol. The van der Waals surface area contributed by atoms with Gasteiger partial charge in [0.25, 0.3) is 0 Å². The molecule has 0 aromatic heterocycles. The molecule has 12 heteroatoms. The smallest absolute Gasteiger partial charge is 0.409 e. The number of urea groups is 2. The zero-order chi connectivity index (χ0) is 31.0. The van der Waals surface area contributed by atoms with E-state index in [4.69, 9.17) is 9.47 Å². The predicted molar refractivity (Wildman–Crippen MR) is 161 cm³/mol. The second kappa shape index (κ2) is 16.4. The summed E-state index contributed by atoms with van der Waals surface area (Å²) in [5.41, 5.74) is 7.16. The number of carbonyl (C=O) groups is 4. The van der Waals surface area contributed by atoms with Gasteiger partial charge in [-0.05, 0) is 22.3 Å². The van der Waals surface area contributed by atoms with E-state index in [1.165, 1.54) is 0 Å². The van der Waals surface area contributed by atoms with Crippen molar-refractivity contribution in [1.29, 1.82) is 0 Å². The first-order valence-corrected chi connectivity index (χ1v) is 13.6. The number of hydrazine groups is 1. The van der Waals surface area contributed by atoms with Crippen molar-refractivity contribution < 1.29 is 28.7 Å². The highest BCUT2D eigenvalue weighted by Crippen LogP contribution is 2.12. The molecule has 0 unspecified atom stereocenters. The maximum Gasteiger partial charge on any atom is 0.409 e.